The van der Waals surface area contributed by atoms with Crippen molar-refractivity contribution in [2.45, 2.75) is 62.9 Å². The van der Waals surface area contributed by atoms with Crippen LogP contribution in [-0.2, 0) is 19.2 Å². The van der Waals surface area contributed by atoms with E-state index in [-0.39, 0.29) is 31.9 Å². The molecule has 0 saturated carbocycles. The number of carboxylic acids is 1. The molecular formula is C18H33N7O7. The number of aliphatic hydroxyl groups excluding tert-OH is 2. The maximum atomic E-state index is 12.9. The lowest BCUT2D eigenvalue weighted by Gasteiger charge is -2.28. The van der Waals surface area contributed by atoms with Gasteiger partial charge in [-0.15, -0.1) is 0 Å². The predicted molar refractivity (Wildman–Crippen MR) is 113 cm³/mol. The van der Waals surface area contributed by atoms with Crippen LogP contribution in [0.3, 0.4) is 0 Å². The Balaban J connectivity index is 2.94. The number of amides is 3. The zero-order valence-corrected chi connectivity index (χ0v) is 17.9. The smallest absolute Gasteiger partial charge is 0.328 e. The molecule has 0 aromatic heterocycles. The fraction of sp³-hybridized carbons (Fsp3) is 0.722. The molecule has 0 aromatic rings. The van der Waals surface area contributed by atoms with Crippen molar-refractivity contribution in [3.8, 4) is 0 Å². The van der Waals surface area contributed by atoms with Crippen LogP contribution in [0.25, 0.3) is 0 Å². The van der Waals surface area contributed by atoms with Gasteiger partial charge in [-0.25, -0.2) is 4.79 Å². The number of aliphatic hydroxyl groups is 2. The van der Waals surface area contributed by atoms with E-state index in [9.17, 15) is 29.4 Å². The summed E-state index contributed by atoms with van der Waals surface area (Å²) in [4.78, 5) is 54.2. The van der Waals surface area contributed by atoms with Gasteiger partial charge in [-0.3, -0.25) is 19.4 Å². The van der Waals surface area contributed by atoms with E-state index in [0.717, 1.165) is 0 Å². The molecule has 0 bridgehead atoms. The van der Waals surface area contributed by atoms with Crippen molar-refractivity contribution >= 4 is 29.7 Å². The Kier molecular flexibility index (Phi) is 10.8. The van der Waals surface area contributed by atoms with Crippen LogP contribution in [0.15, 0.2) is 4.99 Å². The van der Waals surface area contributed by atoms with Gasteiger partial charge in [0.2, 0.25) is 17.7 Å². The molecule has 0 spiro atoms. The van der Waals surface area contributed by atoms with Crippen molar-refractivity contribution < 1.29 is 34.5 Å². The minimum atomic E-state index is -1.58. The largest absolute Gasteiger partial charge is 0.480 e. The van der Waals surface area contributed by atoms with E-state index in [4.69, 9.17) is 22.3 Å². The number of carbonyl (C=O) groups is 4. The number of rotatable bonds is 12. The van der Waals surface area contributed by atoms with Crippen LogP contribution in [0.5, 0.6) is 0 Å². The van der Waals surface area contributed by atoms with Crippen LogP contribution in [0.1, 0.15) is 32.6 Å². The maximum Gasteiger partial charge on any atom is 0.328 e. The molecule has 11 N–H and O–H groups in total. The number of hydrogen-bond donors (Lipinski definition) is 8. The summed E-state index contributed by atoms with van der Waals surface area (Å²) in [6.45, 7) is 1.07. The third kappa shape index (κ3) is 7.94. The summed E-state index contributed by atoms with van der Waals surface area (Å²) in [5, 5.41) is 32.7. The first-order valence-electron chi connectivity index (χ1n) is 10.2. The number of carbonyl (C=O) groups excluding carboxylic acids is 3. The SMILES string of the molecule is CC(O)C(NC(=O)C(CCCN=C(N)N)NC(=O)C1CCCN1C(=O)C(N)CO)C(=O)O. The minimum Gasteiger partial charge on any atom is -0.480 e. The standard InChI is InChI=1S/C18H33N7O7/c1-9(27)13(17(31)32)24-14(28)11(4-2-6-22-18(20)21)23-15(29)12-5-3-7-25(12)16(30)10(19)8-26/h9-13,26-27H,2-8,19H2,1H3,(H,23,29)(H,24,28)(H,31,32)(H4,20,21,22). The number of likely N-dealkylation sites (tertiary alicyclic amines) is 1. The fourth-order valence-corrected chi connectivity index (χ4v) is 3.28. The first kappa shape index (κ1) is 27.1. The molecule has 14 nitrogen and oxygen atoms in total. The quantitative estimate of drug-likeness (QED) is 0.0793. The van der Waals surface area contributed by atoms with Gasteiger partial charge in [0.15, 0.2) is 12.0 Å². The summed E-state index contributed by atoms with van der Waals surface area (Å²) in [5.41, 5.74) is 16.1. The van der Waals surface area contributed by atoms with Gasteiger partial charge in [0.1, 0.15) is 18.1 Å². The summed E-state index contributed by atoms with van der Waals surface area (Å²) >= 11 is 0. The zero-order chi connectivity index (χ0) is 24.4. The molecule has 0 aliphatic carbocycles. The highest BCUT2D eigenvalue weighted by molar-refractivity contribution is 5.94. The Bertz CT molecular complexity index is 712. The maximum absolute atomic E-state index is 12.9. The van der Waals surface area contributed by atoms with Gasteiger partial charge >= 0.3 is 5.97 Å². The second kappa shape index (κ2) is 12.8. The first-order chi connectivity index (χ1) is 15.0. The Morgan fingerprint density at radius 3 is 2.41 bits per heavy atom. The molecule has 1 fully saturated rings. The van der Waals surface area contributed by atoms with E-state index < -0.39 is 60.6 Å². The Morgan fingerprint density at radius 2 is 1.88 bits per heavy atom. The minimum absolute atomic E-state index is 0.0668. The number of nitrogens with zero attached hydrogens (tertiary/aromatic N) is 2. The summed E-state index contributed by atoms with van der Waals surface area (Å²) in [6, 6.07) is -4.79. The zero-order valence-electron chi connectivity index (χ0n) is 17.9. The number of aliphatic imine (C=N–C) groups is 1. The monoisotopic (exact) mass is 459 g/mol. The third-order valence-corrected chi connectivity index (χ3v) is 4.98. The Labute approximate surface area is 185 Å². The summed E-state index contributed by atoms with van der Waals surface area (Å²) < 4.78 is 0. The van der Waals surface area contributed by atoms with Gasteiger partial charge < -0.3 is 48.1 Å². The average Bonchev–Trinajstić information content (AvgIpc) is 3.21. The highest BCUT2D eigenvalue weighted by Crippen LogP contribution is 2.19. The second-order valence-electron chi connectivity index (χ2n) is 7.55. The van der Waals surface area contributed by atoms with Crippen LogP contribution in [0.2, 0.25) is 0 Å². The van der Waals surface area contributed by atoms with E-state index in [1.54, 1.807) is 0 Å². The molecule has 0 aromatic carbocycles. The topological polar surface area (TPSA) is 247 Å². The number of nitrogens with one attached hydrogen (secondary N) is 2. The van der Waals surface area contributed by atoms with Crippen molar-refractivity contribution in [1.82, 2.24) is 15.5 Å². The van der Waals surface area contributed by atoms with Crippen molar-refractivity contribution in [2.75, 3.05) is 19.7 Å². The van der Waals surface area contributed by atoms with Gasteiger partial charge in [0.05, 0.1) is 12.7 Å². The number of carboxylic acid groups (broad SMARTS) is 1. The number of aliphatic carboxylic acids is 1. The average molecular weight is 460 g/mol. The molecule has 5 atom stereocenters. The van der Waals surface area contributed by atoms with Crippen molar-refractivity contribution in [3.05, 3.63) is 0 Å². The fourth-order valence-electron chi connectivity index (χ4n) is 3.28. The molecule has 14 heteroatoms. The van der Waals surface area contributed by atoms with Crippen LogP contribution in [0, 0.1) is 0 Å². The normalized spacial score (nSPS) is 19.4. The predicted octanol–water partition coefficient (Wildman–Crippen LogP) is -4.21. The lowest BCUT2D eigenvalue weighted by molar-refractivity contribution is -0.145. The van der Waals surface area contributed by atoms with E-state index >= 15 is 0 Å². The third-order valence-electron chi connectivity index (χ3n) is 4.98. The first-order valence-corrected chi connectivity index (χ1v) is 10.2. The lowest BCUT2D eigenvalue weighted by atomic mass is 10.1. The lowest BCUT2D eigenvalue weighted by Crippen LogP contribution is -2.58. The second-order valence-corrected chi connectivity index (χ2v) is 7.55. The summed E-state index contributed by atoms with van der Waals surface area (Å²) in [5.74, 6) is -3.61. The van der Waals surface area contributed by atoms with Gasteiger partial charge in [-0.1, -0.05) is 0 Å². The molecule has 1 saturated heterocycles. The van der Waals surface area contributed by atoms with E-state index in [2.05, 4.69) is 15.6 Å². The van der Waals surface area contributed by atoms with Crippen molar-refractivity contribution in [1.29, 1.82) is 0 Å². The molecule has 1 rings (SSSR count). The molecular weight excluding hydrogens is 426 g/mol. The molecule has 182 valence electrons. The van der Waals surface area contributed by atoms with Gasteiger partial charge in [0, 0.05) is 13.1 Å². The van der Waals surface area contributed by atoms with Crippen LogP contribution in [-0.4, -0.2) is 99.8 Å². The molecule has 32 heavy (non-hydrogen) atoms. The number of guanidine groups is 1. The number of hydrogen-bond acceptors (Lipinski definition) is 8. The summed E-state index contributed by atoms with van der Waals surface area (Å²) in [6.07, 6.45) is -0.157. The highest BCUT2D eigenvalue weighted by atomic mass is 16.4. The number of nitrogens with two attached hydrogens (primary N) is 3. The Hall–Kier alpha value is -2.97. The van der Waals surface area contributed by atoms with E-state index in [1.807, 2.05) is 0 Å². The van der Waals surface area contributed by atoms with Crippen LogP contribution >= 0.6 is 0 Å². The van der Waals surface area contributed by atoms with Crippen LogP contribution < -0.4 is 27.8 Å². The molecule has 3 amide bonds. The van der Waals surface area contributed by atoms with Gasteiger partial charge in [0.25, 0.3) is 0 Å². The molecule has 5 unspecified atom stereocenters. The van der Waals surface area contributed by atoms with Crippen molar-refractivity contribution in [3.63, 3.8) is 0 Å². The molecule has 1 aliphatic rings. The Morgan fingerprint density at radius 1 is 1.22 bits per heavy atom. The van der Waals surface area contributed by atoms with Crippen molar-refractivity contribution in [2.24, 2.45) is 22.2 Å². The highest BCUT2D eigenvalue weighted by Gasteiger charge is 2.38. The molecule has 1 heterocycles. The van der Waals surface area contributed by atoms with Gasteiger partial charge in [-0.05, 0) is 32.6 Å². The molecule has 0 radical (unpaired) electrons. The molecule has 1 aliphatic heterocycles. The van der Waals surface area contributed by atoms with E-state index in [1.165, 1.54) is 11.8 Å². The van der Waals surface area contributed by atoms with Crippen LogP contribution in [0.4, 0.5) is 0 Å². The van der Waals surface area contributed by atoms with E-state index in [0.29, 0.717) is 12.8 Å². The van der Waals surface area contributed by atoms with Gasteiger partial charge in [-0.2, -0.15) is 0 Å². The summed E-state index contributed by atoms with van der Waals surface area (Å²) in [7, 11) is 0.